The highest BCUT2D eigenvalue weighted by atomic mass is 16.1. The Hall–Kier alpha value is -1.91. The highest BCUT2D eigenvalue weighted by Gasteiger charge is 2.17. The molecule has 0 radical (unpaired) electrons. The van der Waals surface area contributed by atoms with Gasteiger partial charge in [0.1, 0.15) is 0 Å². The number of pyridine rings is 1. The van der Waals surface area contributed by atoms with Crippen molar-refractivity contribution in [3.63, 3.8) is 0 Å². The molecule has 2 aromatic heterocycles. The normalized spacial score (nSPS) is 16.9. The van der Waals surface area contributed by atoms with Gasteiger partial charge in [-0.1, -0.05) is 19.3 Å². The molecule has 0 atom stereocenters. The molecule has 1 amide bonds. The molecule has 0 saturated heterocycles. The van der Waals surface area contributed by atoms with Crippen molar-refractivity contribution in [2.75, 3.05) is 0 Å². The molecule has 1 fully saturated rings. The fourth-order valence-corrected chi connectivity index (χ4v) is 2.47. The summed E-state index contributed by atoms with van der Waals surface area (Å²) < 4.78 is 0. The number of hydrogen-bond acceptors (Lipinski definition) is 3. The molecule has 0 spiro atoms. The van der Waals surface area contributed by atoms with E-state index in [1.807, 2.05) is 0 Å². The van der Waals surface area contributed by atoms with E-state index in [0.717, 1.165) is 18.4 Å². The van der Waals surface area contributed by atoms with E-state index < -0.39 is 0 Å². The molecule has 3 rings (SSSR count). The zero-order valence-corrected chi connectivity index (χ0v) is 10.1. The molecule has 94 valence electrons. The lowest BCUT2D eigenvalue weighted by atomic mass is 9.95. The SMILES string of the molecule is O=C(NC1CCCCC1)c1cnc2nc[nH]c2c1. The Kier molecular flexibility index (Phi) is 2.96. The second-order valence-corrected chi connectivity index (χ2v) is 4.81. The Morgan fingerprint density at radius 1 is 1.28 bits per heavy atom. The van der Waals surface area contributed by atoms with E-state index in [1.165, 1.54) is 19.3 Å². The van der Waals surface area contributed by atoms with Crippen LogP contribution in [0, 0.1) is 0 Å². The van der Waals surface area contributed by atoms with Gasteiger partial charge in [-0.3, -0.25) is 4.79 Å². The van der Waals surface area contributed by atoms with Crippen molar-refractivity contribution in [2.24, 2.45) is 0 Å². The molecular weight excluding hydrogens is 228 g/mol. The molecule has 1 saturated carbocycles. The summed E-state index contributed by atoms with van der Waals surface area (Å²) in [6, 6.07) is 2.12. The lowest BCUT2D eigenvalue weighted by Gasteiger charge is -2.22. The van der Waals surface area contributed by atoms with Crippen LogP contribution in [0.25, 0.3) is 11.2 Å². The van der Waals surface area contributed by atoms with Gasteiger partial charge in [-0.2, -0.15) is 0 Å². The second-order valence-electron chi connectivity index (χ2n) is 4.81. The van der Waals surface area contributed by atoms with Crippen molar-refractivity contribution in [3.05, 3.63) is 24.2 Å². The highest BCUT2D eigenvalue weighted by Crippen LogP contribution is 2.18. The minimum absolute atomic E-state index is 0.0362. The summed E-state index contributed by atoms with van der Waals surface area (Å²) in [6.07, 6.45) is 9.05. The van der Waals surface area contributed by atoms with Crippen molar-refractivity contribution < 1.29 is 4.79 Å². The maximum absolute atomic E-state index is 12.1. The molecular formula is C13H16N4O. The van der Waals surface area contributed by atoms with Gasteiger partial charge in [-0.15, -0.1) is 0 Å². The first kappa shape index (κ1) is 11.2. The number of nitrogens with one attached hydrogen (secondary N) is 2. The summed E-state index contributed by atoms with van der Waals surface area (Å²) in [5.74, 6) is -0.0362. The van der Waals surface area contributed by atoms with Crippen LogP contribution in [0.2, 0.25) is 0 Å². The van der Waals surface area contributed by atoms with Gasteiger partial charge in [0.25, 0.3) is 5.91 Å². The van der Waals surface area contributed by atoms with E-state index in [1.54, 1.807) is 18.6 Å². The molecule has 2 N–H and O–H groups in total. The third kappa shape index (κ3) is 2.20. The summed E-state index contributed by atoms with van der Waals surface area (Å²) >= 11 is 0. The van der Waals surface area contributed by atoms with Gasteiger partial charge in [-0.05, 0) is 18.9 Å². The monoisotopic (exact) mass is 244 g/mol. The standard InChI is InChI=1S/C13H16N4O/c18-13(17-10-4-2-1-3-5-10)9-6-11-12(14-7-9)16-8-15-11/h6-8,10H,1-5H2,(H,17,18)(H,14,15,16). The number of fused-ring (bicyclic) bond motifs is 1. The Balaban J connectivity index is 1.74. The van der Waals surface area contributed by atoms with Crippen molar-refractivity contribution in [1.29, 1.82) is 0 Å². The van der Waals surface area contributed by atoms with Gasteiger partial charge < -0.3 is 10.3 Å². The van der Waals surface area contributed by atoms with E-state index in [4.69, 9.17) is 0 Å². The molecule has 18 heavy (non-hydrogen) atoms. The topological polar surface area (TPSA) is 70.7 Å². The molecule has 1 aliphatic rings. The molecule has 2 heterocycles. The predicted octanol–water partition coefficient (Wildman–Crippen LogP) is 2.02. The summed E-state index contributed by atoms with van der Waals surface area (Å²) in [5, 5.41) is 3.08. The Morgan fingerprint density at radius 3 is 2.94 bits per heavy atom. The van der Waals surface area contributed by atoms with Crippen molar-refractivity contribution in [1.82, 2.24) is 20.3 Å². The van der Waals surface area contributed by atoms with Crippen LogP contribution < -0.4 is 5.32 Å². The third-order valence-corrected chi connectivity index (χ3v) is 3.48. The zero-order valence-electron chi connectivity index (χ0n) is 10.1. The minimum atomic E-state index is -0.0362. The molecule has 0 aliphatic heterocycles. The van der Waals surface area contributed by atoms with Crippen LogP contribution in [0.3, 0.4) is 0 Å². The molecule has 0 unspecified atom stereocenters. The smallest absolute Gasteiger partial charge is 0.253 e. The summed E-state index contributed by atoms with van der Waals surface area (Å²) in [5.41, 5.74) is 2.04. The van der Waals surface area contributed by atoms with Crippen molar-refractivity contribution >= 4 is 17.1 Å². The lowest BCUT2D eigenvalue weighted by Crippen LogP contribution is -2.36. The van der Waals surface area contributed by atoms with Crippen molar-refractivity contribution in [3.8, 4) is 0 Å². The number of carbonyl (C=O) groups excluding carboxylic acids is 1. The third-order valence-electron chi connectivity index (χ3n) is 3.48. The van der Waals surface area contributed by atoms with Crippen LogP contribution in [-0.4, -0.2) is 26.9 Å². The quantitative estimate of drug-likeness (QED) is 0.849. The highest BCUT2D eigenvalue weighted by molar-refractivity contribution is 5.96. The van der Waals surface area contributed by atoms with Gasteiger partial charge in [0.2, 0.25) is 0 Å². The van der Waals surface area contributed by atoms with Crippen LogP contribution in [0.15, 0.2) is 18.6 Å². The van der Waals surface area contributed by atoms with E-state index >= 15 is 0 Å². The van der Waals surface area contributed by atoms with E-state index in [9.17, 15) is 4.79 Å². The first-order valence-electron chi connectivity index (χ1n) is 6.43. The van der Waals surface area contributed by atoms with Gasteiger partial charge >= 0.3 is 0 Å². The van der Waals surface area contributed by atoms with Gasteiger partial charge in [0, 0.05) is 12.2 Å². The lowest BCUT2D eigenvalue weighted by molar-refractivity contribution is 0.0927. The van der Waals surface area contributed by atoms with Crippen LogP contribution in [0.1, 0.15) is 42.5 Å². The number of amides is 1. The summed E-state index contributed by atoms with van der Waals surface area (Å²) in [6.45, 7) is 0. The molecule has 2 aromatic rings. The summed E-state index contributed by atoms with van der Waals surface area (Å²) in [4.78, 5) is 23.2. The first-order chi connectivity index (χ1) is 8.83. The van der Waals surface area contributed by atoms with Crippen LogP contribution in [-0.2, 0) is 0 Å². The fraction of sp³-hybridized carbons (Fsp3) is 0.462. The minimum Gasteiger partial charge on any atom is -0.349 e. The number of imidazole rings is 1. The van der Waals surface area contributed by atoms with E-state index in [0.29, 0.717) is 17.3 Å². The summed E-state index contributed by atoms with van der Waals surface area (Å²) in [7, 11) is 0. The number of aromatic amines is 1. The fourth-order valence-electron chi connectivity index (χ4n) is 2.47. The molecule has 5 nitrogen and oxygen atoms in total. The maximum Gasteiger partial charge on any atom is 0.253 e. The number of rotatable bonds is 2. The average molecular weight is 244 g/mol. The van der Waals surface area contributed by atoms with Gasteiger partial charge in [0.05, 0.1) is 17.4 Å². The first-order valence-corrected chi connectivity index (χ1v) is 6.43. The predicted molar refractivity (Wildman–Crippen MR) is 68.2 cm³/mol. The number of aromatic nitrogens is 3. The van der Waals surface area contributed by atoms with Gasteiger partial charge in [0.15, 0.2) is 5.65 Å². The van der Waals surface area contributed by atoms with Crippen LogP contribution in [0.4, 0.5) is 0 Å². The van der Waals surface area contributed by atoms with Crippen LogP contribution in [0.5, 0.6) is 0 Å². The maximum atomic E-state index is 12.1. The second kappa shape index (κ2) is 4.76. The zero-order chi connectivity index (χ0) is 12.4. The Bertz CT molecular complexity index is 557. The largest absolute Gasteiger partial charge is 0.349 e. The van der Waals surface area contributed by atoms with Crippen LogP contribution >= 0.6 is 0 Å². The van der Waals surface area contributed by atoms with E-state index in [2.05, 4.69) is 20.3 Å². The van der Waals surface area contributed by atoms with Crippen molar-refractivity contribution in [2.45, 2.75) is 38.1 Å². The Labute approximate surface area is 105 Å². The molecule has 0 aromatic carbocycles. The average Bonchev–Trinajstić information content (AvgIpc) is 2.87. The molecule has 0 bridgehead atoms. The number of hydrogen-bond donors (Lipinski definition) is 2. The van der Waals surface area contributed by atoms with Gasteiger partial charge in [-0.25, -0.2) is 9.97 Å². The number of nitrogens with zero attached hydrogens (tertiary/aromatic N) is 2. The Morgan fingerprint density at radius 2 is 2.11 bits per heavy atom. The molecule has 5 heteroatoms. The number of H-pyrrole nitrogens is 1. The van der Waals surface area contributed by atoms with E-state index in [-0.39, 0.29) is 5.91 Å². The molecule has 1 aliphatic carbocycles. The number of carbonyl (C=O) groups is 1.